The molecule has 0 saturated carbocycles. The molecular weight excluding hydrogens is 364 g/mol. The van der Waals surface area contributed by atoms with Crippen LogP contribution in [0.1, 0.15) is 5.56 Å². The Morgan fingerprint density at radius 3 is 2.75 bits per heavy atom. The van der Waals surface area contributed by atoms with E-state index >= 15 is 0 Å². The lowest BCUT2D eigenvalue weighted by atomic mass is 10.2. The predicted molar refractivity (Wildman–Crippen MR) is 83.2 cm³/mol. The molecule has 0 aliphatic carbocycles. The first-order chi connectivity index (χ1) is 9.65. The van der Waals surface area contributed by atoms with Crippen LogP contribution in [0.5, 0.6) is 0 Å². The van der Waals surface area contributed by atoms with Gasteiger partial charge in [0, 0.05) is 11.3 Å². The molecule has 0 bridgehead atoms. The number of nitrogens with zero attached hydrogens (tertiary/aromatic N) is 1. The largest absolute Gasteiger partial charge is 0.230 e. The van der Waals surface area contributed by atoms with Gasteiger partial charge in [-0.15, -0.1) is 11.3 Å². The molecule has 0 atom stereocenters. The zero-order valence-corrected chi connectivity index (χ0v) is 13.3. The molecule has 2 aromatic carbocycles. The Kier molecular flexibility index (Phi) is 4.05. The Morgan fingerprint density at radius 2 is 1.95 bits per heavy atom. The van der Waals surface area contributed by atoms with E-state index < -0.39 is 11.6 Å². The lowest BCUT2D eigenvalue weighted by Gasteiger charge is -2.04. The van der Waals surface area contributed by atoms with Crippen LogP contribution in [0.15, 0.2) is 45.2 Å². The van der Waals surface area contributed by atoms with Crippen molar-refractivity contribution in [3.8, 4) is 0 Å². The highest BCUT2D eigenvalue weighted by atomic mass is 79.9. The lowest BCUT2D eigenvalue weighted by Crippen LogP contribution is -1.94. The molecule has 0 amide bonds. The van der Waals surface area contributed by atoms with Gasteiger partial charge in [0.15, 0.2) is 4.34 Å². The lowest BCUT2D eigenvalue weighted by molar-refractivity contribution is 0.562. The minimum atomic E-state index is -0.543. The average Bonchev–Trinajstić information content (AvgIpc) is 2.86. The molecule has 0 unspecified atom stereocenters. The fourth-order valence-electron chi connectivity index (χ4n) is 1.75. The summed E-state index contributed by atoms with van der Waals surface area (Å²) in [6.45, 7) is 0. The van der Waals surface area contributed by atoms with Crippen LogP contribution in [-0.4, -0.2) is 4.98 Å². The second-order valence-corrected chi connectivity index (χ2v) is 7.17. The molecule has 0 aliphatic heterocycles. The number of thioether (sulfide) groups is 1. The second-order valence-electron chi connectivity index (χ2n) is 4.06. The SMILES string of the molecule is Fc1ccc(Br)c(F)c1CSc1nc2ccccc2s1. The monoisotopic (exact) mass is 371 g/mol. The van der Waals surface area contributed by atoms with Gasteiger partial charge in [-0.05, 0) is 40.2 Å². The molecule has 20 heavy (non-hydrogen) atoms. The zero-order chi connectivity index (χ0) is 14.1. The summed E-state index contributed by atoms with van der Waals surface area (Å²) < 4.78 is 29.7. The van der Waals surface area contributed by atoms with Crippen molar-refractivity contribution in [1.82, 2.24) is 4.98 Å². The fraction of sp³-hybridized carbons (Fsp3) is 0.0714. The van der Waals surface area contributed by atoms with Crippen LogP contribution < -0.4 is 0 Å². The number of benzene rings is 2. The molecule has 3 aromatic rings. The van der Waals surface area contributed by atoms with E-state index in [0.717, 1.165) is 14.6 Å². The van der Waals surface area contributed by atoms with Crippen LogP contribution in [-0.2, 0) is 5.75 Å². The van der Waals surface area contributed by atoms with Crippen molar-refractivity contribution in [2.24, 2.45) is 0 Å². The van der Waals surface area contributed by atoms with Crippen molar-refractivity contribution in [1.29, 1.82) is 0 Å². The quantitative estimate of drug-likeness (QED) is 0.437. The summed E-state index contributed by atoms with van der Waals surface area (Å²) >= 11 is 5.94. The smallest absolute Gasteiger partial charge is 0.151 e. The summed E-state index contributed by atoms with van der Waals surface area (Å²) in [7, 11) is 0. The third kappa shape index (κ3) is 2.73. The standard InChI is InChI=1S/C14H8BrF2NS2/c15-9-5-6-10(16)8(13(9)17)7-19-14-18-11-3-1-2-4-12(11)20-14/h1-6H,7H2. The van der Waals surface area contributed by atoms with Gasteiger partial charge in [0.2, 0.25) is 0 Å². The maximum absolute atomic E-state index is 13.9. The average molecular weight is 372 g/mol. The number of halogens is 3. The van der Waals surface area contributed by atoms with Crippen LogP contribution in [0.2, 0.25) is 0 Å². The van der Waals surface area contributed by atoms with Gasteiger partial charge >= 0.3 is 0 Å². The first kappa shape index (κ1) is 14.0. The Balaban J connectivity index is 1.84. The van der Waals surface area contributed by atoms with E-state index in [4.69, 9.17) is 0 Å². The number of aromatic nitrogens is 1. The molecule has 0 N–H and O–H groups in total. The highest BCUT2D eigenvalue weighted by Gasteiger charge is 2.13. The summed E-state index contributed by atoms with van der Waals surface area (Å²) in [6, 6.07) is 10.4. The van der Waals surface area contributed by atoms with Gasteiger partial charge in [0.25, 0.3) is 0 Å². The Morgan fingerprint density at radius 1 is 1.15 bits per heavy atom. The van der Waals surface area contributed by atoms with E-state index in [1.807, 2.05) is 24.3 Å². The topological polar surface area (TPSA) is 12.9 Å². The van der Waals surface area contributed by atoms with Crippen molar-refractivity contribution in [2.75, 3.05) is 0 Å². The van der Waals surface area contributed by atoms with Gasteiger partial charge in [0.05, 0.1) is 14.7 Å². The summed E-state index contributed by atoms with van der Waals surface area (Å²) in [6.07, 6.45) is 0. The Labute approximate surface area is 131 Å². The first-order valence-corrected chi connectivity index (χ1v) is 8.35. The van der Waals surface area contributed by atoms with Crippen molar-refractivity contribution in [3.05, 3.63) is 58.1 Å². The van der Waals surface area contributed by atoms with Crippen LogP contribution in [0.25, 0.3) is 10.2 Å². The maximum Gasteiger partial charge on any atom is 0.151 e. The normalized spacial score (nSPS) is 11.2. The number of thiazole rings is 1. The number of rotatable bonds is 3. The summed E-state index contributed by atoms with van der Waals surface area (Å²) in [5.41, 5.74) is 0.985. The zero-order valence-electron chi connectivity index (χ0n) is 10.1. The number of hydrogen-bond donors (Lipinski definition) is 0. The van der Waals surface area contributed by atoms with Crippen LogP contribution in [0.3, 0.4) is 0 Å². The minimum absolute atomic E-state index is 0.0728. The Hall–Kier alpha value is -0.980. The molecule has 1 nitrogen and oxygen atoms in total. The molecule has 6 heteroatoms. The van der Waals surface area contributed by atoms with E-state index in [0.29, 0.717) is 0 Å². The molecule has 102 valence electrons. The van der Waals surface area contributed by atoms with Gasteiger partial charge in [0.1, 0.15) is 11.6 Å². The number of fused-ring (bicyclic) bond motifs is 1. The number of hydrogen-bond acceptors (Lipinski definition) is 3. The van der Waals surface area contributed by atoms with Gasteiger partial charge in [-0.25, -0.2) is 13.8 Å². The van der Waals surface area contributed by atoms with E-state index in [1.165, 1.54) is 35.2 Å². The highest BCUT2D eigenvalue weighted by molar-refractivity contribution is 9.10. The molecular formula is C14H8BrF2NS2. The van der Waals surface area contributed by atoms with Gasteiger partial charge < -0.3 is 0 Å². The van der Waals surface area contributed by atoms with Gasteiger partial charge in [-0.1, -0.05) is 23.9 Å². The van der Waals surface area contributed by atoms with Crippen LogP contribution in [0.4, 0.5) is 8.78 Å². The fourth-order valence-corrected chi connectivity index (χ4v) is 4.19. The van der Waals surface area contributed by atoms with Crippen LogP contribution in [0, 0.1) is 11.6 Å². The first-order valence-electron chi connectivity index (χ1n) is 5.76. The molecule has 0 spiro atoms. The predicted octanol–water partition coefficient (Wildman–Crippen LogP) is 5.63. The van der Waals surface area contributed by atoms with E-state index in [9.17, 15) is 8.78 Å². The summed E-state index contributed by atoms with van der Waals surface area (Å²) in [4.78, 5) is 4.43. The molecule has 0 fully saturated rings. The highest BCUT2D eigenvalue weighted by Crippen LogP contribution is 2.33. The maximum atomic E-state index is 13.9. The van der Waals surface area contributed by atoms with Gasteiger partial charge in [-0.3, -0.25) is 0 Å². The summed E-state index contributed by atoms with van der Waals surface area (Å²) in [5, 5.41) is 0. The van der Waals surface area contributed by atoms with E-state index in [1.54, 1.807) is 0 Å². The third-order valence-electron chi connectivity index (χ3n) is 2.75. The molecule has 0 saturated heterocycles. The van der Waals surface area contributed by atoms with Crippen LogP contribution >= 0.6 is 39.0 Å². The summed E-state index contributed by atoms with van der Waals surface area (Å²) in [5.74, 6) is -0.852. The van der Waals surface area contributed by atoms with Crippen molar-refractivity contribution < 1.29 is 8.78 Å². The van der Waals surface area contributed by atoms with Gasteiger partial charge in [-0.2, -0.15) is 0 Å². The molecule has 1 heterocycles. The van der Waals surface area contributed by atoms with Crippen molar-refractivity contribution in [2.45, 2.75) is 10.1 Å². The van der Waals surface area contributed by atoms with Crippen molar-refractivity contribution >= 4 is 49.2 Å². The molecule has 0 radical (unpaired) electrons. The Bertz CT molecular complexity index is 740. The molecule has 3 rings (SSSR count). The minimum Gasteiger partial charge on any atom is -0.230 e. The van der Waals surface area contributed by atoms with E-state index in [2.05, 4.69) is 20.9 Å². The second kappa shape index (κ2) is 5.79. The molecule has 0 aliphatic rings. The van der Waals surface area contributed by atoms with Crippen molar-refractivity contribution in [3.63, 3.8) is 0 Å². The third-order valence-corrected chi connectivity index (χ3v) is 5.57. The molecule has 1 aromatic heterocycles. The number of para-hydroxylation sites is 1. The van der Waals surface area contributed by atoms with E-state index in [-0.39, 0.29) is 15.8 Å².